The molecule has 158 valence electrons. The van der Waals surface area contributed by atoms with E-state index in [0.29, 0.717) is 48.9 Å². The van der Waals surface area contributed by atoms with Crippen molar-refractivity contribution < 1.29 is 9.13 Å². The third-order valence-corrected chi connectivity index (χ3v) is 5.36. The Morgan fingerprint density at radius 3 is 3.10 bits per heavy atom. The first-order chi connectivity index (χ1) is 14.6. The normalized spacial score (nSPS) is 24.1. The molecule has 2 atom stereocenters. The highest BCUT2D eigenvalue weighted by molar-refractivity contribution is 5.90. The van der Waals surface area contributed by atoms with Crippen LogP contribution in [0.1, 0.15) is 30.9 Å². The number of anilines is 3. The van der Waals surface area contributed by atoms with Gasteiger partial charge in [0.25, 0.3) is 0 Å². The van der Waals surface area contributed by atoms with E-state index in [0.717, 1.165) is 18.8 Å². The van der Waals surface area contributed by atoms with Crippen LogP contribution in [0.3, 0.4) is 0 Å². The molecule has 1 unspecified atom stereocenters. The molecule has 0 aromatic carbocycles. The summed E-state index contributed by atoms with van der Waals surface area (Å²) in [6, 6.07) is 3.76. The fourth-order valence-electron chi connectivity index (χ4n) is 3.71. The molecule has 0 aliphatic carbocycles. The van der Waals surface area contributed by atoms with Gasteiger partial charge in [-0.1, -0.05) is 11.8 Å². The first-order valence-corrected chi connectivity index (χ1v) is 10.2. The second-order valence-electron chi connectivity index (χ2n) is 7.64. The van der Waals surface area contributed by atoms with Crippen LogP contribution in [0.2, 0.25) is 0 Å². The van der Waals surface area contributed by atoms with E-state index in [1.54, 1.807) is 12.3 Å². The third-order valence-electron chi connectivity index (χ3n) is 5.36. The lowest BCUT2D eigenvalue weighted by Crippen LogP contribution is -2.44. The van der Waals surface area contributed by atoms with E-state index in [9.17, 15) is 0 Å². The van der Waals surface area contributed by atoms with Crippen LogP contribution in [0.25, 0.3) is 0 Å². The molecule has 2 fully saturated rings. The number of hydrogen-bond acceptors (Lipinski definition) is 7. The Labute approximate surface area is 175 Å². The number of aromatic nitrogens is 3. The van der Waals surface area contributed by atoms with Gasteiger partial charge in [-0.05, 0) is 32.4 Å². The third kappa shape index (κ3) is 4.45. The highest BCUT2D eigenvalue weighted by atomic mass is 19.1. The Morgan fingerprint density at radius 2 is 2.40 bits per heavy atom. The zero-order chi connectivity index (χ0) is 21.0. The van der Waals surface area contributed by atoms with Crippen molar-refractivity contribution in [1.29, 1.82) is 5.41 Å². The number of morpholine rings is 1. The molecule has 2 aromatic rings. The van der Waals surface area contributed by atoms with Crippen LogP contribution < -0.4 is 15.5 Å². The molecule has 0 amide bonds. The number of nitrogens with zero attached hydrogens (tertiary/aromatic N) is 3. The number of piperidine rings is 1. The number of aromatic amines is 1. The molecule has 2 aromatic heterocycles. The summed E-state index contributed by atoms with van der Waals surface area (Å²) in [5, 5.41) is 21.0. The van der Waals surface area contributed by atoms with Crippen molar-refractivity contribution in [3.05, 3.63) is 29.5 Å². The van der Waals surface area contributed by atoms with Gasteiger partial charge in [-0.3, -0.25) is 5.10 Å². The van der Waals surface area contributed by atoms with Gasteiger partial charge in [0, 0.05) is 30.9 Å². The number of nitrogens with one attached hydrogen (secondary N) is 4. The molecular weight excluding hydrogens is 385 g/mol. The predicted octanol–water partition coefficient (Wildman–Crippen LogP) is 2.21. The van der Waals surface area contributed by atoms with Crippen LogP contribution >= 0.6 is 0 Å². The van der Waals surface area contributed by atoms with Crippen LogP contribution in [0.15, 0.2) is 18.3 Å². The molecule has 9 heteroatoms. The molecule has 2 aliphatic heterocycles. The van der Waals surface area contributed by atoms with Gasteiger partial charge in [0.05, 0.1) is 31.0 Å². The lowest BCUT2D eigenvalue weighted by atomic mass is 9.96. The minimum absolute atomic E-state index is 0.146. The van der Waals surface area contributed by atoms with Gasteiger partial charge >= 0.3 is 0 Å². The van der Waals surface area contributed by atoms with Crippen LogP contribution in [-0.4, -0.2) is 66.0 Å². The molecule has 2 saturated heterocycles. The Morgan fingerprint density at radius 1 is 1.50 bits per heavy atom. The van der Waals surface area contributed by atoms with E-state index in [2.05, 4.69) is 44.5 Å². The summed E-state index contributed by atoms with van der Waals surface area (Å²) < 4.78 is 20.6. The van der Waals surface area contributed by atoms with Crippen molar-refractivity contribution in [1.82, 2.24) is 20.5 Å². The largest absolute Gasteiger partial charge is 0.377 e. The van der Waals surface area contributed by atoms with Crippen LogP contribution in [0.4, 0.5) is 21.8 Å². The first-order valence-electron chi connectivity index (χ1n) is 10.2. The zero-order valence-electron chi connectivity index (χ0n) is 17.0. The smallest absolute Gasteiger partial charge is 0.183 e. The van der Waals surface area contributed by atoms with Gasteiger partial charge < -0.3 is 25.7 Å². The van der Waals surface area contributed by atoms with E-state index in [1.807, 2.05) is 6.07 Å². The van der Waals surface area contributed by atoms with Crippen LogP contribution in [0, 0.1) is 17.3 Å². The van der Waals surface area contributed by atoms with Crippen molar-refractivity contribution in [2.24, 2.45) is 0 Å². The molecule has 4 heterocycles. The van der Waals surface area contributed by atoms with Gasteiger partial charge in [0.1, 0.15) is 17.5 Å². The quantitative estimate of drug-likeness (QED) is 0.455. The fraction of sp³-hybridized carbons (Fsp3) is 0.476. The van der Waals surface area contributed by atoms with E-state index in [1.165, 1.54) is 6.21 Å². The fourth-order valence-corrected chi connectivity index (χ4v) is 3.71. The summed E-state index contributed by atoms with van der Waals surface area (Å²) in [7, 11) is 0. The summed E-state index contributed by atoms with van der Waals surface area (Å²) in [5.41, 5.74) is -0.489. The molecule has 4 rings (SSSR count). The molecule has 30 heavy (non-hydrogen) atoms. The van der Waals surface area contributed by atoms with Crippen molar-refractivity contribution in [3.8, 4) is 11.8 Å². The number of H-pyrrole nitrogens is 1. The molecule has 8 nitrogen and oxygen atoms in total. The number of hydrogen-bond donors (Lipinski definition) is 4. The number of rotatable bonds is 4. The number of ether oxygens (including phenoxy) is 1. The second-order valence-corrected chi connectivity index (χ2v) is 7.64. The average molecular weight is 411 g/mol. The van der Waals surface area contributed by atoms with Crippen molar-refractivity contribution in [3.63, 3.8) is 0 Å². The highest BCUT2D eigenvalue weighted by Gasteiger charge is 2.29. The van der Waals surface area contributed by atoms with E-state index in [4.69, 9.17) is 15.1 Å². The summed E-state index contributed by atoms with van der Waals surface area (Å²) >= 11 is 0. The minimum atomic E-state index is -1.57. The van der Waals surface area contributed by atoms with E-state index >= 15 is 4.39 Å². The lowest BCUT2D eigenvalue weighted by Gasteiger charge is -2.34. The molecule has 0 radical (unpaired) electrons. The van der Waals surface area contributed by atoms with Gasteiger partial charge in [-0.2, -0.15) is 5.10 Å². The summed E-state index contributed by atoms with van der Waals surface area (Å²) in [5.74, 6) is 7.67. The number of halogens is 1. The summed E-state index contributed by atoms with van der Waals surface area (Å²) in [6.45, 7) is 5.02. The Kier molecular flexibility index (Phi) is 5.97. The Balaban J connectivity index is 1.76. The van der Waals surface area contributed by atoms with Crippen LogP contribution in [-0.2, 0) is 4.74 Å². The first kappa shape index (κ1) is 20.3. The number of pyridine rings is 1. The average Bonchev–Trinajstić information content (AvgIpc) is 3.26. The topological polar surface area (TPSA) is 102 Å². The summed E-state index contributed by atoms with van der Waals surface area (Å²) in [4.78, 5) is 6.90. The minimum Gasteiger partial charge on any atom is -0.377 e. The molecular formula is C21H26FN7O. The molecule has 0 spiro atoms. The van der Waals surface area contributed by atoms with Crippen LogP contribution in [0.5, 0.6) is 0 Å². The monoisotopic (exact) mass is 411 g/mol. The maximum atomic E-state index is 15.1. The Hall–Kier alpha value is -2.96. The van der Waals surface area contributed by atoms with Crippen molar-refractivity contribution in [2.75, 3.05) is 43.1 Å². The molecule has 4 N–H and O–H groups in total. The van der Waals surface area contributed by atoms with Gasteiger partial charge in [0.15, 0.2) is 5.67 Å². The van der Waals surface area contributed by atoms with Gasteiger partial charge in [-0.15, -0.1) is 0 Å². The van der Waals surface area contributed by atoms with E-state index < -0.39 is 5.67 Å². The zero-order valence-corrected chi connectivity index (χ0v) is 17.0. The highest BCUT2D eigenvalue weighted by Crippen LogP contribution is 2.27. The van der Waals surface area contributed by atoms with E-state index in [-0.39, 0.29) is 12.6 Å². The molecule has 2 aliphatic rings. The second kappa shape index (κ2) is 8.81. The summed E-state index contributed by atoms with van der Waals surface area (Å²) in [6.07, 6.45) is 3.99. The standard InChI is InChI=1S/C21H26FN7O/c1-15-13-30-10-9-29(15)19-11-16(3-6-21(22)5-2-7-24-14-21)17(12-23)20(27-19)26-18-4-8-25-28-18/h4,8,11-12,15,23-24H,2,5,7,9-10,13-14H2,1H3,(H2,25,26,27,28)/t15-,21?/m1/s1. The lowest BCUT2D eigenvalue weighted by molar-refractivity contribution is 0.0985. The Bertz CT molecular complexity index is 944. The molecule has 0 saturated carbocycles. The van der Waals surface area contributed by atoms with Gasteiger partial charge in [-0.25, -0.2) is 9.37 Å². The SMILES string of the molecule is C[C@@H]1COCCN1c1cc(C#CC2(F)CCCNC2)c(C=N)c(Nc2ccn[nH]2)n1. The maximum absolute atomic E-state index is 15.1. The van der Waals surface area contributed by atoms with Crippen molar-refractivity contribution in [2.45, 2.75) is 31.5 Å². The maximum Gasteiger partial charge on any atom is 0.183 e. The van der Waals surface area contributed by atoms with Gasteiger partial charge in [0.2, 0.25) is 0 Å². The molecule has 0 bridgehead atoms. The predicted molar refractivity (Wildman–Crippen MR) is 114 cm³/mol. The van der Waals surface area contributed by atoms with Crippen molar-refractivity contribution >= 4 is 23.7 Å². The number of alkyl halides is 1.